The second-order valence-corrected chi connectivity index (χ2v) is 11.8. The van der Waals surface area contributed by atoms with Gasteiger partial charge in [0.2, 0.25) is 5.91 Å². The molecule has 4 N–H and O–H groups in total. The first-order valence-corrected chi connectivity index (χ1v) is 15.3. The van der Waals surface area contributed by atoms with Gasteiger partial charge in [0.25, 0.3) is 11.8 Å². The number of benzene rings is 5. The number of aromatic nitrogens is 1. The second-order valence-electron chi connectivity index (χ2n) is 10.4. The lowest BCUT2D eigenvalue weighted by Crippen LogP contribution is -2.30. The van der Waals surface area contributed by atoms with E-state index in [2.05, 4.69) is 20.9 Å². The summed E-state index contributed by atoms with van der Waals surface area (Å²) in [5.41, 5.74) is 3.56. The first-order chi connectivity index (χ1) is 21.9. The number of amides is 3. The van der Waals surface area contributed by atoms with Crippen molar-refractivity contribution in [1.29, 1.82) is 0 Å². The Morgan fingerprint density at radius 3 is 2.22 bits per heavy atom. The third-order valence-corrected chi connectivity index (χ3v) is 8.40. The summed E-state index contributed by atoms with van der Waals surface area (Å²) < 4.78 is 0. The second kappa shape index (κ2) is 13.4. The van der Waals surface area contributed by atoms with Crippen molar-refractivity contribution in [2.24, 2.45) is 0 Å². The molecule has 0 aliphatic carbocycles. The summed E-state index contributed by atoms with van der Waals surface area (Å²) in [6.45, 7) is 1.86. The molecule has 3 amide bonds. The van der Waals surface area contributed by atoms with Crippen LogP contribution in [-0.4, -0.2) is 28.0 Å². The van der Waals surface area contributed by atoms with Gasteiger partial charge >= 0.3 is 0 Å². The van der Waals surface area contributed by atoms with Crippen molar-refractivity contribution in [1.82, 2.24) is 10.3 Å². The molecule has 7 nitrogen and oxygen atoms in total. The molecule has 1 heterocycles. The molecular formula is C37H30N4O3S. The van der Waals surface area contributed by atoms with Crippen LogP contribution in [0.25, 0.3) is 27.8 Å². The van der Waals surface area contributed by atoms with E-state index in [1.165, 1.54) is 11.8 Å². The Bertz CT molecular complexity index is 2030. The summed E-state index contributed by atoms with van der Waals surface area (Å²) in [5, 5.41) is 11.3. The van der Waals surface area contributed by atoms with Gasteiger partial charge in [-0.15, -0.1) is 11.8 Å². The van der Waals surface area contributed by atoms with Gasteiger partial charge in [0, 0.05) is 49.9 Å². The Labute approximate surface area is 264 Å². The molecule has 6 aromatic rings. The maximum Gasteiger partial charge on any atom is 0.272 e. The highest BCUT2D eigenvalue weighted by molar-refractivity contribution is 8.00. The summed E-state index contributed by atoms with van der Waals surface area (Å²) in [4.78, 5) is 43.6. The minimum Gasteiger partial charge on any atom is -0.361 e. The topological polar surface area (TPSA) is 103 Å². The highest BCUT2D eigenvalue weighted by Crippen LogP contribution is 2.28. The number of hydrogen-bond acceptors (Lipinski definition) is 4. The maximum absolute atomic E-state index is 13.5. The monoisotopic (exact) mass is 610 g/mol. The highest BCUT2D eigenvalue weighted by atomic mass is 32.2. The van der Waals surface area contributed by atoms with Crippen molar-refractivity contribution < 1.29 is 14.4 Å². The van der Waals surface area contributed by atoms with Gasteiger partial charge in [0.05, 0.1) is 5.25 Å². The molecule has 0 unspecified atom stereocenters. The number of carbonyl (C=O) groups excluding carboxylic acids is 3. The van der Waals surface area contributed by atoms with Crippen LogP contribution in [0.5, 0.6) is 0 Å². The van der Waals surface area contributed by atoms with Crippen LogP contribution in [0.4, 0.5) is 11.4 Å². The average molecular weight is 611 g/mol. The Balaban J connectivity index is 1.15. The number of rotatable bonds is 9. The fraction of sp³-hybridized carbons (Fsp3) is 0.0541. The number of nitrogens with one attached hydrogen (secondary N) is 4. The molecule has 0 aliphatic heterocycles. The third kappa shape index (κ3) is 6.98. The van der Waals surface area contributed by atoms with Crippen LogP contribution >= 0.6 is 11.8 Å². The molecule has 0 radical (unpaired) electrons. The normalized spacial score (nSPS) is 12.1. The van der Waals surface area contributed by atoms with Gasteiger partial charge in [-0.25, -0.2) is 0 Å². The number of fused-ring (bicyclic) bond motifs is 2. The SMILES string of the molecule is C[C@H](Sc1ccc(NC(=O)/C(=C/c2c[nH]c3ccccc23)NC(=O)c2ccccc2)cc1)C(=O)Nc1cccc2ccccc12. The van der Waals surface area contributed by atoms with Gasteiger partial charge in [0.15, 0.2) is 0 Å². The quantitative estimate of drug-likeness (QED) is 0.0989. The molecule has 0 saturated heterocycles. The molecule has 0 bridgehead atoms. The molecule has 1 aromatic heterocycles. The van der Waals surface area contributed by atoms with E-state index in [1.54, 1.807) is 48.7 Å². The van der Waals surface area contributed by atoms with Crippen molar-refractivity contribution in [2.75, 3.05) is 10.6 Å². The minimum absolute atomic E-state index is 0.102. The van der Waals surface area contributed by atoms with Crippen molar-refractivity contribution in [2.45, 2.75) is 17.1 Å². The molecule has 0 aliphatic rings. The third-order valence-electron chi connectivity index (χ3n) is 7.29. The van der Waals surface area contributed by atoms with E-state index >= 15 is 0 Å². The van der Waals surface area contributed by atoms with Crippen molar-refractivity contribution in [3.8, 4) is 0 Å². The van der Waals surface area contributed by atoms with Crippen LogP contribution in [0.2, 0.25) is 0 Å². The van der Waals surface area contributed by atoms with Crippen LogP contribution < -0.4 is 16.0 Å². The molecule has 0 spiro atoms. The number of H-pyrrole nitrogens is 1. The fourth-order valence-electron chi connectivity index (χ4n) is 4.95. The molecule has 8 heteroatoms. The van der Waals surface area contributed by atoms with E-state index in [1.807, 2.05) is 91.9 Å². The Morgan fingerprint density at radius 1 is 0.733 bits per heavy atom. The molecule has 0 fully saturated rings. The molecule has 6 rings (SSSR count). The van der Waals surface area contributed by atoms with E-state index in [4.69, 9.17) is 0 Å². The lowest BCUT2D eigenvalue weighted by molar-refractivity contribution is -0.115. The van der Waals surface area contributed by atoms with Crippen LogP contribution in [0.15, 0.2) is 138 Å². The van der Waals surface area contributed by atoms with Gasteiger partial charge in [-0.2, -0.15) is 0 Å². The molecular weight excluding hydrogens is 580 g/mol. The summed E-state index contributed by atoms with van der Waals surface area (Å²) in [6, 6.07) is 37.5. The van der Waals surface area contributed by atoms with Gasteiger partial charge < -0.3 is 20.9 Å². The summed E-state index contributed by atoms with van der Waals surface area (Å²) in [6.07, 6.45) is 3.46. The Kier molecular flexibility index (Phi) is 8.75. The average Bonchev–Trinajstić information content (AvgIpc) is 3.48. The Hall–Kier alpha value is -5.60. The first kappa shape index (κ1) is 29.5. The predicted molar refractivity (Wildman–Crippen MR) is 183 cm³/mol. The summed E-state index contributed by atoms with van der Waals surface area (Å²) >= 11 is 1.42. The van der Waals surface area contributed by atoms with Gasteiger partial charge in [0.1, 0.15) is 5.70 Å². The van der Waals surface area contributed by atoms with Gasteiger partial charge in [-0.05, 0) is 66.9 Å². The number of carbonyl (C=O) groups is 3. The zero-order valence-corrected chi connectivity index (χ0v) is 25.2. The standard InChI is InChI=1S/C37H30N4O3S/c1-24(35(42)40-33-17-9-13-25-10-5-6-14-30(25)33)45-29-20-18-28(19-21-29)39-37(44)34(41-36(43)26-11-3-2-4-12-26)22-27-23-38-32-16-8-7-15-31(27)32/h2-24,38H,1H3,(H,39,44)(H,40,42)(H,41,43)/b34-22-/t24-/m0/s1. The van der Waals surface area contributed by atoms with Crippen LogP contribution in [0.1, 0.15) is 22.8 Å². The van der Waals surface area contributed by atoms with E-state index in [0.29, 0.717) is 11.3 Å². The lowest BCUT2D eigenvalue weighted by Gasteiger charge is -2.14. The van der Waals surface area contributed by atoms with Crippen LogP contribution in [0, 0.1) is 0 Å². The van der Waals surface area contributed by atoms with E-state index in [-0.39, 0.29) is 22.8 Å². The first-order valence-electron chi connectivity index (χ1n) is 14.5. The van der Waals surface area contributed by atoms with Crippen molar-refractivity contribution in [3.05, 3.63) is 144 Å². The predicted octanol–water partition coefficient (Wildman–Crippen LogP) is 7.85. The number of hydrogen-bond donors (Lipinski definition) is 4. The number of para-hydroxylation sites is 1. The van der Waals surface area contributed by atoms with E-state index in [0.717, 1.165) is 37.8 Å². The van der Waals surface area contributed by atoms with E-state index in [9.17, 15) is 14.4 Å². The van der Waals surface area contributed by atoms with Crippen LogP contribution in [0.3, 0.4) is 0 Å². The summed E-state index contributed by atoms with van der Waals surface area (Å²) in [7, 11) is 0. The zero-order chi connectivity index (χ0) is 31.2. The van der Waals surface area contributed by atoms with Crippen molar-refractivity contribution in [3.63, 3.8) is 0 Å². The molecule has 5 aromatic carbocycles. The lowest BCUT2D eigenvalue weighted by atomic mass is 10.1. The molecule has 1 atom stereocenters. The maximum atomic E-state index is 13.5. The largest absolute Gasteiger partial charge is 0.361 e. The highest BCUT2D eigenvalue weighted by Gasteiger charge is 2.18. The number of anilines is 2. The Morgan fingerprint density at radius 2 is 1.42 bits per heavy atom. The molecule has 45 heavy (non-hydrogen) atoms. The van der Waals surface area contributed by atoms with Crippen molar-refractivity contribution >= 4 is 68.6 Å². The van der Waals surface area contributed by atoms with Crippen LogP contribution in [-0.2, 0) is 9.59 Å². The fourth-order valence-corrected chi connectivity index (χ4v) is 5.82. The smallest absolute Gasteiger partial charge is 0.272 e. The number of thioether (sulfide) groups is 1. The molecule has 222 valence electrons. The summed E-state index contributed by atoms with van der Waals surface area (Å²) in [5.74, 6) is -0.956. The molecule has 0 saturated carbocycles. The van der Waals surface area contributed by atoms with Gasteiger partial charge in [-0.3, -0.25) is 14.4 Å². The number of aromatic amines is 1. The zero-order valence-electron chi connectivity index (χ0n) is 24.4. The van der Waals surface area contributed by atoms with Gasteiger partial charge in [-0.1, -0.05) is 72.8 Å². The minimum atomic E-state index is -0.465. The van der Waals surface area contributed by atoms with E-state index < -0.39 is 5.91 Å².